The summed E-state index contributed by atoms with van der Waals surface area (Å²) in [6.45, 7) is 0. The van der Waals surface area contributed by atoms with E-state index in [1.54, 1.807) is 22.2 Å². The summed E-state index contributed by atoms with van der Waals surface area (Å²) in [5, 5.41) is 7.54. The maximum Gasteiger partial charge on any atom is 0.288 e. The van der Waals surface area contributed by atoms with Crippen molar-refractivity contribution in [2.75, 3.05) is 0 Å². The van der Waals surface area contributed by atoms with Crippen molar-refractivity contribution >= 4 is 39.8 Å². The SMILES string of the molecule is O=C(N/N=C\c1cccs1)c1cc(=O)nc2sccn12. The van der Waals surface area contributed by atoms with Crippen molar-refractivity contribution in [1.82, 2.24) is 14.8 Å². The molecule has 100 valence electrons. The standard InChI is InChI=1S/C12H8N4O2S2/c17-10-6-9(16-3-5-20-12(16)14-10)11(18)15-13-7-8-2-1-4-19-8/h1-7H,(H,15,18)/b13-7-. The number of thiophene rings is 1. The normalized spacial score (nSPS) is 11.2. The van der Waals surface area contributed by atoms with E-state index in [0.717, 1.165) is 4.88 Å². The fourth-order valence-electron chi connectivity index (χ4n) is 1.60. The van der Waals surface area contributed by atoms with Crippen LogP contribution in [0.15, 0.2) is 45.1 Å². The van der Waals surface area contributed by atoms with E-state index >= 15 is 0 Å². The molecule has 0 aliphatic rings. The fourth-order valence-corrected chi connectivity index (χ4v) is 2.91. The molecule has 0 fully saturated rings. The van der Waals surface area contributed by atoms with Crippen molar-refractivity contribution in [1.29, 1.82) is 0 Å². The first-order valence-corrected chi connectivity index (χ1v) is 7.34. The van der Waals surface area contributed by atoms with E-state index in [0.29, 0.717) is 4.96 Å². The van der Waals surface area contributed by atoms with Gasteiger partial charge in [0.1, 0.15) is 5.69 Å². The molecule has 0 aliphatic heterocycles. The van der Waals surface area contributed by atoms with Gasteiger partial charge in [-0.2, -0.15) is 10.1 Å². The van der Waals surface area contributed by atoms with Gasteiger partial charge >= 0.3 is 0 Å². The summed E-state index contributed by atoms with van der Waals surface area (Å²) in [6.07, 6.45) is 3.24. The van der Waals surface area contributed by atoms with Crippen LogP contribution in [0.2, 0.25) is 0 Å². The molecule has 0 atom stereocenters. The third-order valence-electron chi connectivity index (χ3n) is 2.45. The summed E-state index contributed by atoms with van der Waals surface area (Å²) in [7, 11) is 0. The van der Waals surface area contributed by atoms with Crippen molar-refractivity contribution in [2.45, 2.75) is 0 Å². The number of hydrogen-bond acceptors (Lipinski definition) is 6. The monoisotopic (exact) mass is 304 g/mol. The maximum absolute atomic E-state index is 12.0. The van der Waals surface area contributed by atoms with E-state index in [1.807, 2.05) is 17.5 Å². The van der Waals surface area contributed by atoms with Gasteiger partial charge in [0.25, 0.3) is 11.5 Å². The summed E-state index contributed by atoms with van der Waals surface area (Å²) in [4.78, 5) is 28.7. The van der Waals surface area contributed by atoms with Gasteiger partial charge in [0.2, 0.25) is 0 Å². The molecular formula is C12H8N4O2S2. The van der Waals surface area contributed by atoms with Gasteiger partial charge in [-0.1, -0.05) is 6.07 Å². The quantitative estimate of drug-likeness (QED) is 0.589. The number of rotatable bonds is 3. The molecule has 0 saturated carbocycles. The molecule has 20 heavy (non-hydrogen) atoms. The van der Waals surface area contributed by atoms with Gasteiger partial charge in [0.15, 0.2) is 4.96 Å². The van der Waals surface area contributed by atoms with E-state index in [2.05, 4.69) is 15.5 Å². The maximum atomic E-state index is 12.0. The Balaban J connectivity index is 1.85. The lowest BCUT2D eigenvalue weighted by atomic mass is 10.4. The summed E-state index contributed by atoms with van der Waals surface area (Å²) >= 11 is 2.80. The zero-order valence-corrected chi connectivity index (χ0v) is 11.6. The van der Waals surface area contributed by atoms with E-state index in [1.165, 1.54) is 28.7 Å². The first-order chi connectivity index (χ1) is 9.74. The summed E-state index contributed by atoms with van der Waals surface area (Å²) in [5.41, 5.74) is 2.17. The van der Waals surface area contributed by atoms with Crippen LogP contribution in [0, 0.1) is 0 Å². The lowest BCUT2D eigenvalue weighted by Crippen LogP contribution is -2.23. The Morgan fingerprint density at radius 1 is 1.40 bits per heavy atom. The van der Waals surface area contributed by atoms with Crippen LogP contribution in [0.5, 0.6) is 0 Å². The van der Waals surface area contributed by atoms with Crippen LogP contribution >= 0.6 is 22.7 Å². The lowest BCUT2D eigenvalue weighted by Gasteiger charge is -2.02. The molecule has 0 spiro atoms. The number of carbonyl (C=O) groups excluding carboxylic acids is 1. The number of thiazole rings is 1. The molecule has 3 aromatic heterocycles. The van der Waals surface area contributed by atoms with Crippen LogP contribution < -0.4 is 11.0 Å². The number of nitrogens with one attached hydrogen (secondary N) is 1. The molecule has 8 heteroatoms. The summed E-state index contributed by atoms with van der Waals surface area (Å²) < 4.78 is 1.56. The van der Waals surface area contributed by atoms with Crippen molar-refractivity contribution in [3.8, 4) is 0 Å². The molecular weight excluding hydrogens is 296 g/mol. The zero-order chi connectivity index (χ0) is 13.9. The lowest BCUT2D eigenvalue weighted by molar-refractivity contribution is 0.0948. The Hall–Kier alpha value is -2.32. The Labute approximate surface area is 121 Å². The van der Waals surface area contributed by atoms with Crippen LogP contribution in [0.3, 0.4) is 0 Å². The topological polar surface area (TPSA) is 75.8 Å². The second-order valence-corrected chi connectivity index (χ2v) is 5.60. The third-order valence-corrected chi connectivity index (χ3v) is 4.01. The van der Waals surface area contributed by atoms with Crippen LogP contribution in [0.1, 0.15) is 15.4 Å². The molecule has 1 amide bonds. The number of fused-ring (bicyclic) bond motifs is 1. The van der Waals surface area contributed by atoms with Crippen molar-refractivity contribution in [2.24, 2.45) is 5.10 Å². The first kappa shape index (κ1) is 12.7. The molecule has 3 aromatic rings. The number of hydrazone groups is 1. The second kappa shape index (κ2) is 5.35. The Morgan fingerprint density at radius 3 is 3.10 bits per heavy atom. The van der Waals surface area contributed by atoms with Gasteiger partial charge in [-0.3, -0.25) is 14.0 Å². The average molecular weight is 304 g/mol. The molecule has 3 rings (SSSR count). The van der Waals surface area contributed by atoms with Gasteiger partial charge in [-0.15, -0.1) is 22.7 Å². The number of amides is 1. The smallest absolute Gasteiger partial charge is 0.287 e. The highest BCUT2D eigenvalue weighted by Crippen LogP contribution is 2.09. The van der Waals surface area contributed by atoms with Crippen molar-refractivity contribution in [3.05, 3.63) is 56.1 Å². The van der Waals surface area contributed by atoms with E-state index in [-0.39, 0.29) is 5.69 Å². The van der Waals surface area contributed by atoms with Gasteiger partial charge < -0.3 is 0 Å². The Bertz CT molecular complexity index is 833. The number of nitrogens with zero attached hydrogens (tertiary/aromatic N) is 3. The van der Waals surface area contributed by atoms with Crippen molar-refractivity contribution < 1.29 is 4.79 Å². The van der Waals surface area contributed by atoms with Crippen LogP contribution in [-0.4, -0.2) is 21.5 Å². The highest BCUT2D eigenvalue weighted by Gasteiger charge is 2.11. The van der Waals surface area contributed by atoms with Crippen LogP contribution in [0.25, 0.3) is 4.96 Å². The molecule has 0 aromatic carbocycles. The van der Waals surface area contributed by atoms with Gasteiger partial charge in [-0.05, 0) is 11.4 Å². The van der Waals surface area contributed by atoms with Crippen LogP contribution in [-0.2, 0) is 0 Å². The minimum absolute atomic E-state index is 0.213. The minimum atomic E-state index is -0.453. The number of hydrogen-bond donors (Lipinski definition) is 1. The highest BCUT2D eigenvalue weighted by atomic mass is 32.1. The second-order valence-electron chi connectivity index (χ2n) is 3.75. The molecule has 0 saturated heterocycles. The van der Waals surface area contributed by atoms with Gasteiger partial charge in [0.05, 0.1) is 6.21 Å². The van der Waals surface area contributed by atoms with Crippen molar-refractivity contribution in [3.63, 3.8) is 0 Å². The average Bonchev–Trinajstić information content (AvgIpc) is 3.08. The summed E-state index contributed by atoms with van der Waals surface area (Å²) in [6, 6.07) is 4.97. The fraction of sp³-hybridized carbons (Fsp3) is 0. The predicted octanol–water partition coefficient (Wildman–Crippen LogP) is 1.58. The molecule has 0 radical (unpaired) electrons. The highest BCUT2D eigenvalue weighted by molar-refractivity contribution is 7.15. The largest absolute Gasteiger partial charge is 0.288 e. The zero-order valence-electron chi connectivity index (χ0n) is 10.0. The summed E-state index contributed by atoms with van der Waals surface area (Å²) in [5.74, 6) is -0.453. The molecule has 3 heterocycles. The van der Waals surface area contributed by atoms with E-state index < -0.39 is 11.5 Å². The Kier molecular flexibility index (Phi) is 3.40. The predicted molar refractivity (Wildman–Crippen MR) is 78.7 cm³/mol. The molecule has 6 nitrogen and oxygen atoms in total. The number of carbonyl (C=O) groups is 1. The molecule has 0 unspecified atom stereocenters. The van der Waals surface area contributed by atoms with Gasteiger partial charge in [0, 0.05) is 22.5 Å². The van der Waals surface area contributed by atoms with Gasteiger partial charge in [-0.25, -0.2) is 5.43 Å². The van der Waals surface area contributed by atoms with Crippen LogP contribution in [0.4, 0.5) is 0 Å². The Morgan fingerprint density at radius 2 is 2.30 bits per heavy atom. The third kappa shape index (κ3) is 2.51. The molecule has 0 aliphatic carbocycles. The molecule has 0 bridgehead atoms. The van der Waals surface area contributed by atoms with E-state index in [4.69, 9.17) is 0 Å². The minimum Gasteiger partial charge on any atom is -0.287 e. The number of aromatic nitrogens is 2. The first-order valence-electron chi connectivity index (χ1n) is 5.58. The van der Waals surface area contributed by atoms with E-state index in [9.17, 15) is 9.59 Å². The molecule has 1 N–H and O–H groups in total.